The van der Waals surface area contributed by atoms with Gasteiger partial charge in [-0.2, -0.15) is 0 Å². The second kappa shape index (κ2) is 20.5. The van der Waals surface area contributed by atoms with Gasteiger partial charge in [0.05, 0.1) is 0 Å². The molecule has 0 bridgehead atoms. The smallest absolute Gasteiger partial charge is 0.330 e. The molecule has 0 aliphatic carbocycles. The molecule has 0 spiro atoms. The van der Waals surface area contributed by atoms with Crippen molar-refractivity contribution in [2.24, 2.45) is 0 Å². The fourth-order valence-corrected chi connectivity index (χ4v) is 10.0. The van der Waals surface area contributed by atoms with E-state index in [1.807, 2.05) is 97.1 Å². The lowest BCUT2D eigenvalue weighted by Gasteiger charge is -2.52. The average molecular weight is 939 g/mol. The molecule has 3 fully saturated rings. The summed E-state index contributed by atoms with van der Waals surface area (Å²) in [5.74, 6) is -3.24. The van der Waals surface area contributed by atoms with E-state index in [1.54, 1.807) is 56.3 Å². The second-order valence-electron chi connectivity index (χ2n) is 17.0. The lowest BCUT2D eigenvalue weighted by Crippen LogP contribution is -2.85. The minimum Gasteiger partial charge on any atom is -0.485 e. The van der Waals surface area contributed by atoms with Gasteiger partial charge >= 0.3 is 23.8 Å². The normalized spacial score (nSPS) is 19.8. The molecule has 350 valence electrons. The number of urea groups is 1. The molecule has 0 radical (unpaired) electrons. The molecule has 0 saturated carbocycles. The predicted octanol–water partition coefficient (Wildman–Crippen LogP) is 4.87. The summed E-state index contributed by atoms with van der Waals surface area (Å²) in [6.45, 7) is 4.15. The summed E-state index contributed by atoms with van der Waals surface area (Å²) in [6.07, 6.45) is 0.639. The number of amides is 7. The zero-order valence-electron chi connectivity index (χ0n) is 37.4. The van der Waals surface area contributed by atoms with Crippen LogP contribution in [0.3, 0.4) is 0 Å². The number of esters is 1. The highest BCUT2D eigenvalue weighted by molar-refractivity contribution is 8.01. The van der Waals surface area contributed by atoms with Crippen LogP contribution in [0.15, 0.2) is 140 Å². The first-order chi connectivity index (χ1) is 32.9. The third kappa shape index (κ3) is 10.0. The largest absolute Gasteiger partial charge is 0.485 e. The van der Waals surface area contributed by atoms with Gasteiger partial charge in [-0.1, -0.05) is 127 Å². The van der Waals surface area contributed by atoms with E-state index in [-0.39, 0.29) is 38.2 Å². The number of rotatable bonds is 18. The molecule has 8 rings (SSSR count). The van der Waals surface area contributed by atoms with Crippen LogP contribution in [-0.4, -0.2) is 98.2 Å². The van der Waals surface area contributed by atoms with Crippen molar-refractivity contribution < 1.29 is 47.8 Å². The molecule has 5 aromatic carbocycles. The maximum atomic E-state index is 14.3. The fourth-order valence-electron chi connectivity index (χ4n) is 8.40. The standard InChI is InChI=1S/C51H50N6O10S/c1-50(2)42(46(62)67-32-37-19-11-5-12-20-37)57-47(63)51(52-33-58,48(57)68-50)54-43(59)41(38-21-13-6-14-22-38)53-49(64)56-28-27-55(44(60)45(56)61)26-25-34-23-24-39(65-30-35-15-7-3-8-16-35)40(29-34)66-31-36-17-9-4-10-18-36/h3-24,29,33,41-42,48H,25-28,30-32H2,1-2H3,(H,52,58)(H,53,64)(H,54,59)/t41?,42-,48+,51+/m0/s1. The van der Waals surface area contributed by atoms with Gasteiger partial charge in [0.1, 0.15) is 37.3 Å². The minimum absolute atomic E-state index is 0.0209. The van der Waals surface area contributed by atoms with Crippen LogP contribution >= 0.6 is 11.8 Å². The van der Waals surface area contributed by atoms with Crippen LogP contribution in [0.5, 0.6) is 11.5 Å². The first-order valence-electron chi connectivity index (χ1n) is 22.1. The third-order valence-electron chi connectivity index (χ3n) is 12.0. The summed E-state index contributed by atoms with van der Waals surface area (Å²) < 4.78 is 17.1. The maximum absolute atomic E-state index is 14.3. The number of benzene rings is 5. The number of fused-ring (bicyclic) bond motifs is 1. The Labute approximate surface area is 397 Å². The summed E-state index contributed by atoms with van der Waals surface area (Å²) in [5.41, 5.74) is 1.82. The molecular formula is C51H50N6O10S. The number of piperazine rings is 1. The van der Waals surface area contributed by atoms with E-state index in [2.05, 4.69) is 16.0 Å². The number of hydrogen-bond acceptors (Lipinski definition) is 11. The topological polar surface area (TPSA) is 193 Å². The molecule has 1 unspecified atom stereocenters. The van der Waals surface area contributed by atoms with Crippen molar-refractivity contribution in [1.29, 1.82) is 0 Å². The molecular weight excluding hydrogens is 889 g/mol. The van der Waals surface area contributed by atoms with Crippen molar-refractivity contribution in [3.05, 3.63) is 167 Å². The molecule has 7 amide bonds. The lowest BCUT2D eigenvalue weighted by molar-refractivity contribution is -0.174. The van der Waals surface area contributed by atoms with Gasteiger partial charge in [-0.05, 0) is 60.2 Å². The highest BCUT2D eigenvalue weighted by Gasteiger charge is 2.73. The Bertz CT molecular complexity index is 2660. The Balaban J connectivity index is 0.917. The van der Waals surface area contributed by atoms with Gasteiger partial charge < -0.3 is 40.0 Å². The van der Waals surface area contributed by atoms with Crippen LogP contribution < -0.4 is 25.4 Å². The van der Waals surface area contributed by atoms with E-state index in [4.69, 9.17) is 14.2 Å². The van der Waals surface area contributed by atoms with Crippen molar-refractivity contribution in [2.75, 3.05) is 19.6 Å². The summed E-state index contributed by atoms with van der Waals surface area (Å²) in [7, 11) is 0. The van der Waals surface area contributed by atoms with E-state index < -0.39 is 63.5 Å². The molecule has 68 heavy (non-hydrogen) atoms. The molecule has 17 heteroatoms. The van der Waals surface area contributed by atoms with Gasteiger partial charge in [-0.15, -0.1) is 11.8 Å². The highest BCUT2D eigenvalue weighted by Crippen LogP contribution is 2.54. The van der Waals surface area contributed by atoms with E-state index in [0.29, 0.717) is 31.1 Å². The van der Waals surface area contributed by atoms with E-state index >= 15 is 0 Å². The Hall–Kier alpha value is -7.66. The predicted molar refractivity (Wildman–Crippen MR) is 250 cm³/mol. The number of nitrogens with one attached hydrogen (secondary N) is 3. The van der Waals surface area contributed by atoms with Crippen LogP contribution in [0, 0.1) is 0 Å². The number of β-lactam (4-membered cyclic amide) rings is 1. The Morgan fingerprint density at radius 3 is 1.90 bits per heavy atom. The number of nitrogens with zero attached hydrogens (tertiary/aromatic N) is 3. The Morgan fingerprint density at radius 2 is 1.29 bits per heavy atom. The molecule has 3 saturated heterocycles. The highest BCUT2D eigenvalue weighted by atomic mass is 32.2. The first-order valence-corrected chi connectivity index (χ1v) is 22.9. The minimum atomic E-state index is -2.01. The molecule has 0 aromatic heterocycles. The monoisotopic (exact) mass is 938 g/mol. The zero-order valence-corrected chi connectivity index (χ0v) is 38.2. The lowest BCUT2D eigenvalue weighted by atomic mass is 9.90. The van der Waals surface area contributed by atoms with Crippen molar-refractivity contribution in [3.8, 4) is 11.5 Å². The summed E-state index contributed by atoms with van der Waals surface area (Å²) >= 11 is 1.19. The summed E-state index contributed by atoms with van der Waals surface area (Å²) in [4.78, 5) is 98.5. The summed E-state index contributed by atoms with van der Waals surface area (Å²) in [5, 5.41) is 6.78. The summed E-state index contributed by atoms with van der Waals surface area (Å²) in [6, 6.07) is 38.6. The number of carbonyl (C=O) groups excluding carboxylic acids is 7. The molecule has 3 aliphatic rings. The van der Waals surface area contributed by atoms with Gasteiger partial charge in [-0.25, -0.2) is 9.59 Å². The van der Waals surface area contributed by atoms with E-state index in [0.717, 1.165) is 27.2 Å². The first kappa shape index (κ1) is 46.9. The average Bonchev–Trinajstić information content (AvgIpc) is 3.63. The molecule has 3 heterocycles. The van der Waals surface area contributed by atoms with E-state index in [1.165, 1.54) is 21.6 Å². The van der Waals surface area contributed by atoms with Gasteiger partial charge in [0.2, 0.25) is 18.0 Å². The van der Waals surface area contributed by atoms with Crippen LogP contribution in [-0.2, 0) is 59.7 Å². The third-order valence-corrected chi connectivity index (χ3v) is 13.6. The number of ether oxygens (including phenoxy) is 3. The second-order valence-corrected chi connectivity index (χ2v) is 18.7. The van der Waals surface area contributed by atoms with Gasteiger partial charge in [-0.3, -0.25) is 28.9 Å². The number of imide groups is 1. The van der Waals surface area contributed by atoms with Crippen LogP contribution in [0.25, 0.3) is 0 Å². The van der Waals surface area contributed by atoms with Crippen molar-refractivity contribution in [1.82, 2.24) is 30.7 Å². The van der Waals surface area contributed by atoms with Crippen LogP contribution in [0.4, 0.5) is 4.79 Å². The molecule has 3 N–H and O–H groups in total. The van der Waals surface area contributed by atoms with Gasteiger partial charge in [0.25, 0.3) is 5.91 Å². The fraction of sp³-hybridized carbons (Fsp3) is 0.275. The van der Waals surface area contributed by atoms with E-state index in [9.17, 15) is 33.6 Å². The molecule has 5 aromatic rings. The Morgan fingerprint density at radius 1 is 0.721 bits per heavy atom. The number of carbonyl (C=O) groups is 7. The van der Waals surface area contributed by atoms with Crippen LogP contribution in [0.2, 0.25) is 0 Å². The van der Waals surface area contributed by atoms with Crippen LogP contribution in [0.1, 0.15) is 47.7 Å². The number of thioether (sulfide) groups is 1. The van der Waals surface area contributed by atoms with Crippen molar-refractivity contribution in [3.63, 3.8) is 0 Å². The van der Waals surface area contributed by atoms with Gasteiger partial charge in [0.15, 0.2) is 11.5 Å². The van der Waals surface area contributed by atoms with Gasteiger partial charge in [0, 0.05) is 24.4 Å². The number of hydrogen-bond donors (Lipinski definition) is 3. The maximum Gasteiger partial charge on any atom is 0.330 e. The zero-order chi connectivity index (χ0) is 47.8. The van der Waals surface area contributed by atoms with Crippen molar-refractivity contribution in [2.45, 2.75) is 68.0 Å². The molecule has 4 atom stereocenters. The molecule has 16 nitrogen and oxygen atoms in total. The quantitative estimate of drug-likeness (QED) is 0.0357. The van der Waals surface area contributed by atoms with Crippen molar-refractivity contribution >= 4 is 53.8 Å². The SMILES string of the molecule is CC1(C)S[C@H]2N(C(=O)[C@@]2(NC=O)NC(=O)C(NC(=O)N2CCN(CCc3ccc(OCc4ccccc4)c(OCc4ccccc4)c3)C(=O)C2=O)c2ccccc2)[C@H]1C(=O)OCc1ccccc1. The molecule has 3 aliphatic heterocycles. The Kier molecular flexibility index (Phi) is 14.1.